The number of hydrogen-bond donors (Lipinski definition) is 0. The first kappa shape index (κ1) is 16.2. The number of nitrogens with zero attached hydrogens (tertiary/aromatic N) is 1. The number of nitro groups is 1. The molecule has 0 bridgehead atoms. The van der Waals surface area contributed by atoms with Gasteiger partial charge in [-0.25, -0.2) is 8.42 Å². The van der Waals surface area contributed by atoms with E-state index in [4.69, 9.17) is 0 Å². The largest absolute Gasteiger partial charge is 0.289 e. The first-order chi connectivity index (χ1) is 12.5. The molecular formula is C20H13NO4S. The third kappa shape index (κ3) is 2.51. The van der Waals surface area contributed by atoms with Gasteiger partial charge in [-0.1, -0.05) is 54.6 Å². The zero-order chi connectivity index (χ0) is 18.3. The number of fused-ring (bicyclic) bond motifs is 3. The summed E-state index contributed by atoms with van der Waals surface area (Å²) in [6.45, 7) is 0. The van der Waals surface area contributed by atoms with Crippen LogP contribution in [0.4, 0.5) is 5.69 Å². The molecule has 5 nitrogen and oxygen atoms in total. The average Bonchev–Trinajstić information content (AvgIpc) is 2.67. The molecule has 4 aromatic rings. The zero-order valence-corrected chi connectivity index (χ0v) is 14.3. The summed E-state index contributed by atoms with van der Waals surface area (Å²) in [6.07, 6.45) is 0. The first-order valence-electron chi connectivity index (χ1n) is 7.88. The number of hydrogen-bond acceptors (Lipinski definition) is 4. The second kappa shape index (κ2) is 5.93. The highest BCUT2D eigenvalue weighted by atomic mass is 32.2. The van der Waals surface area contributed by atoms with E-state index in [1.807, 2.05) is 30.3 Å². The minimum absolute atomic E-state index is 0.0308. The molecule has 0 aromatic heterocycles. The fourth-order valence-corrected chi connectivity index (χ4v) is 4.57. The summed E-state index contributed by atoms with van der Waals surface area (Å²) >= 11 is 0. The average molecular weight is 363 g/mol. The highest BCUT2D eigenvalue weighted by Gasteiger charge is 2.28. The van der Waals surface area contributed by atoms with E-state index in [2.05, 4.69) is 0 Å². The molecule has 0 aliphatic heterocycles. The van der Waals surface area contributed by atoms with Crippen molar-refractivity contribution in [1.29, 1.82) is 0 Å². The lowest BCUT2D eigenvalue weighted by atomic mass is 10.0. The van der Waals surface area contributed by atoms with Crippen LogP contribution in [-0.2, 0) is 9.84 Å². The van der Waals surface area contributed by atoms with E-state index in [9.17, 15) is 18.5 Å². The van der Waals surface area contributed by atoms with Crippen LogP contribution in [0.1, 0.15) is 0 Å². The highest BCUT2D eigenvalue weighted by molar-refractivity contribution is 7.91. The molecule has 4 aromatic carbocycles. The Morgan fingerprint density at radius 1 is 0.731 bits per heavy atom. The van der Waals surface area contributed by atoms with Gasteiger partial charge in [0.15, 0.2) is 0 Å². The lowest BCUT2D eigenvalue weighted by molar-refractivity contribution is -0.387. The van der Waals surface area contributed by atoms with Gasteiger partial charge in [0.05, 0.1) is 9.82 Å². The van der Waals surface area contributed by atoms with Crippen LogP contribution in [0.5, 0.6) is 0 Å². The van der Waals surface area contributed by atoms with Gasteiger partial charge < -0.3 is 0 Å². The Kier molecular flexibility index (Phi) is 3.70. The SMILES string of the molecule is O=[N+]([O-])c1cc2c(ccc3ccccc32)cc1S(=O)(=O)c1ccccc1. The predicted molar refractivity (Wildman–Crippen MR) is 100 cm³/mol. The number of rotatable bonds is 3. The van der Waals surface area contributed by atoms with Gasteiger partial charge in [0.25, 0.3) is 5.69 Å². The topological polar surface area (TPSA) is 77.3 Å². The molecule has 6 heteroatoms. The van der Waals surface area contributed by atoms with Crippen molar-refractivity contribution in [2.45, 2.75) is 9.79 Å². The fraction of sp³-hybridized carbons (Fsp3) is 0. The molecule has 0 heterocycles. The molecule has 0 atom stereocenters. The van der Waals surface area contributed by atoms with Crippen molar-refractivity contribution in [2.75, 3.05) is 0 Å². The first-order valence-corrected chi connectivity index (χ1v) is 9.37. The maximum absolute atomic E-state index is 13.0. The third-order valence-electron chi connectivity index (χ3n) is 4.36. The molecule has 0 aliphatic carbocycles. The zero-order valence-electron chi connectivity index (χ0n) is 13.5. The smallest absolute Gasteiger partial charge is 0.258 e. The molecule has 0 radical (unpaired) electrons. The minimum atomic E-state index is -4.00. The van der Waals surface area contributed by atoms with E-state index < -0.39 is 20.4 Å². The van der Waals surface area contributed by atoms with Crippen LogP contribution in [0.2, 0.25) is 0 Å². The summed E-state index contributed by atoms with van der Waals surface area (Å²) in [7, 11) is -4.00. The van der Waals surface area contributed by atoms with Gasteiger partial charge in [-0.3, -0.25) is 10.1 Å². The summed E-state index contributed by atoms with van der Waals surface area (Å²) in [4.78, 5) is 10.7. The van der Waals surface area contributed by atoms with Crippen molar-refractivity contribution in [2.24, 2.45) is 0 Å². The van der Waals surface area contributed by atoms with E-state index in [0.717, 1.165) is 10.8 Å². The van der Waals surface area contributed by atoms with E-state index >= 15 is 0 Å². The second-order valence-corrected chi connectivity index (χ2v) is 7.82. The van der Waals surface area contributed by atoms with Crippen LogP contribution < -0.4 is 0 Å². The van der Waals surface area contributed by atoms with Crippen molar-refractivity contribution in [3.63, 3.8) is 0 Å². The molecule has 26 heavy (non-hydrogen) atoms. The molecule has 4 rings (SSSR count). The van der Waals surface area contributed by atoms with E-state index in [0.29, 0.717) is 10.8 Å². The van der Waals surface area contributed by atoms with Crippen LogP contribution in [-0.4, -0.2) is 13.3 Å². The monoisotopic (exact) mass is 363 g/mol. The standard InChI is InChI=1S/C20H13NO4S/c22-21(23)19-13-18-15(11-10-14-6-4-5-9-17(14)18)12-20(19)26(24,25)16-7-2-1-3-8-16/h1-13H. The maximum Gasteiger partial charge on any atom is 0.289 e. The Bertz CT molecular complexity index is 1270. The molecule has 0 aliphatic rings. The quantitative estimate of drug-likeness (QED) is 0.299. The van der Waals surface area contributed by atoms with Gasteiger partial charge in [-0.2, -0.15) is 0 Å². The van der Waals surface area contributed by atoms with Crippen molar-refractivity contribution in [3.05, 3.63) is 89.0 Å². The maximum atomic E-state index is 13.0. The molecule has 0 saturated heterocycles. The van der Waals surface area contributed by atoms with Crippen molar-refractivity contribution >= 4 is 37.1 Å². The number of sulfone groups is 1. The van der Waals surface area contributed by atoms with E-state index in [-0.39, 0.29) is 9.79 Å². The summed E-state index contributed by atoms with van der Waals surface area (Å²) in [5.74, 6) is 0. The predicted octanol–water partition coefficient (Wildman–Crippen LogP) is 4.73. The molecule has 0 N–H and O–H groups in total. The van der Waals surface area contributed by atoms with Gasteiger partial charge in [-0.15, -0.1) is 0 Å². The molecule has 0 amide bonds. The molecule has 128 valence electrons. The summed E-state index contributed by atoms with van der Waals surface area (Å²) in [6, 6.07) is 21.7. The van der Waals surface area contributed by atoms with Gasteiger partial charge in [0, 0.05) is 6.07 Å². The Morgan fingerprint density at radius 2 is 1.38 bits per heavy atom. The molecule has 0 fully saturated rings. The summed E-state index contributed by atoms with van der Waals surface area (Å²) in [5, 5.41) is 14.7. The van der Waals surface area contributed by atoms with Crippen molar-refractivity contribution < 1.29 is 13.3 Å². The van der Waals surface area contributed by atoms with E-state index in [1.54, 1.807) is 24.3 Å². The van der Waals surface area contributed by atoms with Gasteiger partial charge in [-0.05, 0) is 39.7 Å². The fourth-order valence-electron chi connectivity index (χ4n) is 3.11. The molecule has 0 unspecified atom stereocenters. The Labute approximate surface area is 149 Å². The van der Waals surface area contributed by atoms with Gasteiger partial charge in [0.2, 0.25) is 9.84 Å². The lowest BCUT2D eigenvalue weighted by Crippen LogP contribution is -2.06. The van der Waals surface area contributed by atoms with Crippen LogP contribution >= 0.6 is 0 Å². The Balaban J connectivity index is 2.09. The number of nitro benzene ring substituents is 1. The summed E-state index contributed by atoms with van der Waals surface area (Å²) < 4.78 is 25.9. The van der Waals surface area contributed by atoms with Gasteiger partial charge >= 0.3 is 0 Å². The molecule has 0 spiro atoms. The summed E-state index contributed by atoms with van der Waals surface area (Å²) in [5.41, 5.74) is -0.419. The van der Waals surface area contributed by atoms with E-state index in [1.165, 1.54) is 24.3 Å². The lowest BCUT2D eigenvalue weighted by Gasteiger charge is -2.09. The van der Waals surface area contributed by atoms with Crippen LogP contribution in [0.15, 0.2) is 88.7 Å². The Hall–Kier alpha value is -3.25. The number of benzene rings is 4. The molecular weight excluding hydrogens is 350 g/mol. The third-order valence-corrected chi connectivity index (χ3v) is 6.16. The van der Waals surface area contributed by atoms with Crippen LogP contribution in [0.25, 0.3) is 21.5 Å². The van der Waals surface area contributed by atoms with Crippen LogP contribution in [0, 0.1) is 10.1 Å². The Morgan fingerprint density at radius 3 is 2.12 bits per heavy atom. The van der Waals surface area contributed by atoms with Gasteiger partial charge in [0.1, 0.15) is 4.90 Å². The normalized spacial score (nSPS) is 11.7. The highest BCUT2D eigenvalue weighted by Crippen LogP contribution is 2.36. The van der Waals surface area contributed by atoms with Crippen molar-refractivity contribution in [3.8, 4) is 0 Å². The van der Waals surface area contributed by atoms with Crippen molar-refractivity contribution in [1.82, 2.24) is 0 Å². The van der Waals surface area contributed by atoms with Crippen LogP contribution in [0.3, 0.4) is 0 Å². The molecule has 0 saturated carbocycles. The minimum Gasteiger partial charge on any atom is -0.258 e. The second-order valence-electron chi connectivity index (χ2n) is 5.90.